The van der Waals surface area contributed by atoms with Crippen molar-refractivity contribution in [2.45, 2.75) is 29.6 Å². The number of hydrogen-bond donors (Lipinski definition) is 1. The lowest BCUT2D eigenvalue weighted by molar-refractivity contribution is -0.136. The molecule has 2 rings (SSSR count). The van der Waals surface area contributed by atoms with Crippen molar-refractivity contribution in [1.82, 2.24) is 4.90 Å². The highest BCUT2D eigenvalue weighted by molar-refractivity contribution is 8.00. The lowest BCUT2D eigenvalue weighted by Crippen LogP contribution is -2.30. The Hall–Kier alpha value is -1.53. The van der Waals surface area contributed by atoms with Crippen LogP contribution in [0.1, 0.15) is 23.7 Å². The number of aliphatic carboxylic acids is 1. The summed E-state index contributed by atoms with van der Waals surface area (Å²) in [7, 11) is 1.65. The van der Waals surface area contributed by atoms with Gasteiger partial charge in [-0.1, -0.05) is 12.1 Å². The van der Waals surface area contributed by atoms with Gasteiger partial charge < -0.3 is 14.7 Å². The number of amides is 1. The molecular weight excluding hydrogens is 290 g/mol. The molecule has 1 fully saturated rings. The van der Waals surface area contributed by atoms with Crippen LogP contribution in [0.25, 0.3) is 0 Å². The van der Waals surface area contributed by atoms with Crippen molar-refractivity contribution in [3.8, 4) is 0 Å². The molecule has 1 amide bonds. The number of thioether (sulfide) groups is 1. The third-order valence-corrected chi connectivity index (χ3v) is 4.70. The molecule has 1 aromatic carbocycles. The summed E-state index contributed by atoms with van der Waals surface area (Å²) in [6.45, 7) is 2.87. The molecule has 1 aromatic rings. The van der Waals surface area contributed by atoms with Crippen LogP contribution in [0.4, 0.5) is 0 Å². The lowest BCUT2D eigenvalue weighted by Gasteiger charge is -2.18. The van der Waals surface area contributed by atoms with Crippen molar-refractivity contribution in [3.63, 3.8) is 0 Å². The second kappa shape index (κ2) is 6.95. The summed E-state index contributed by atoms with van der Waals surface area (Å²) in [5.74, 6) is -0.946. The Bertz CT molecular complexity index is 534. The van der Waals surface area contributed by atoms with Crippen molar-refractivity contribution in [1.29, 1.82) is 0 Å². The Morgan fingerprint density at radius 2 is 2.14 bits per heavy atom. The molecule has 0 aliphatic carbocycles. The van der Waals surface area contributed by atoms with Crippen LogP contribution in [-0.4, -0.2) is 53.4 Å². The van der Waals surface area contributed by atoms with E-state index in [1.165, 1.54) is 11.8 Å². The van der Waals surface area contributed by atoms with Gasteiger partial charge in [0.1, 0.15) is 5.25 Å². The van der Waals surface area contributed by atoms with Gasteiger partial charge in [0, 0.05) is 25.1 Å². The molecule has 1 aliphatic heterocycles. The third-order valence-electron chi connectivity index (χ3n) is 3.53. The van der Waals surface area contributed by atoms with Crippen molar-refractivity contribution >= 4 is 23.6 Å². The maximum atomic E-state index is 12.6. The molecular formula is C15H19NO4S. The number of ether oxygens (including phenoxy) is 1. The predicted octanol–water partition coefficient (Wildman–Crippen LogP) is 2.11. The van der Waals surface area contributed by atoms with E-state index in [0.717, 1.165) is 6.42 Å². The van der Waals surface area contributed by atoms with E-state index in [1.807, 2.05) is 6.07 Å². The predicted molar refractivity (Wildman–Crippen MR) is 80.7 cm³/mol. The fourth-order valence-corrected chi connectivity index (χ4v) is 3.18. The molecule has 0 bridgehead atoms. The summed E-state index contributed by atoms with van der Waals surface area (Å²) in [5.41, 5.74) is 0.562. The molecule has 0 saturated carbocycles. The highest BCUT2D eigenvalue weighted by Gasteiger charge is 2.28. The topological polar surface area (TPSA) is 66.8 Å². The van der Waals surface area contributed by atoms with Gasteiger partial charge in [0.25, 0.3) is 5.91 Å². The Kier molecular flexibility index (Phi) is 5.25. The van der Waals surface area contributed by atoms with Gasteiger partial charge in [-0.25, -0.2) is 0 Å². The molecule has 0 aromatic heterocycles. The minimum atomic E-state index is -0.886. The highest BCUT2D eigenvalue weighted by Crippen LogP contribution is 2.28. The quantitative estimate of drug-likeness (QED) is 0.844. The Morgan fingerprint density at radius 3 is 2.76 bits per heavy atom. The van der Waals surface area contributed by atoms with Gasteiger partial charge in [-0.05, 0) is 25.5 Å². The van der Waals surface area contributed by atoms with E-state index >= 15 is 0 Å². The highest BCUT2D eigenvalue weighted by atomic mass is 32.2. The standard InChI is InChI=1S/C15H19NO4S/c1-10(15(18)19)21-13-6-4-3-5-12(13)14(17)16-8-7-11(9-16)20-2/h3-6,10-11H,7-9H2,1-2H3,(H,18,19)/t10?,11-/m0/s1. The zero-order valence-corrected chi connectivity index (χ0v) is 12.9. The monoisotopic (exact) mass is 309 g/mol. The zero-order chi connectivity index (χ0) is 15.4. The summed E-state index contributed by atoms with van der Waals surface area (Å²) in [5, 5.41) is 8.42. The van der Waals surface area contributed by atoms with Gasteiger partial charge in [0.2, 0.25) is 0 Å². The normalized spacial score (nSPS) is 19.5. The van der Waals surface area contributed by atoms with E-state index in [-0.39, 0.29) is 12.0 Å². The minimum Gasteiger partial charge on any atom is -0.480 e. The smallest absolute Gasteiger partial charge is 0.316 e. The van der Waals surface area contributed by atoms with Crippen LogP contribution in [0.5, 0.6) is 0 Å². The first-order chi connectivity index (χ1) is 10.0. The van der Waals surface area contributed by atoms with Crippen LogP contribution >= 0.6 is 11.8 Å². The lowest BCUT2D eigenvalue weighted by atomic mass is 10.2. The fraction of sp³-hybridized carbons (Fsp3) is 0.467. The molecule has 1 heterocycles. The maximum absolute atomic E-state index is 12.6. The van der Waals surface area contributed by atoms with Crippen LogP contribution < -0.4 is 0 Å². The maximum Gasteiger partial charge on any atom is 0.316 e. The number of benzene rings is 1. The van der Waals surface area contributed by atoms with Gasteiger partial charge in [-0.15, -0.1) is 11.8 Å². The molecule has 1 aliphatic rings. The van der Waals surface area contributed by atoms with Gasteiger partial charge in [0.15, 0.2) is 0 Å². The number of carboxylic acids is 1. The first-order valence-electron chi connectivity index (χ1n) is 6.83. The van der Waals surface area contributed by atoms with E-state index < -0.39 is 11.2 Å². The second-order valence-corrected chi connectivity index (χ2v) is 6.37. The molecule has 1 unspecified atom stereocenters. The van der Waals surface area contributed by atoms with E-state index in [4.69, 9.17) is 9.84 Å². The fourth-order valence-electron chi connectivity index (χ4n) is 2.26. The molecule has 21 heavy (non-hydrogen) atoms. The molecule has 5 nitrogen and oxygen atoms in total. The number of methoxy groups -OCH3 is 1. The van der Waals surface area contributed by atoms with Crippen LogP contribution in [0.2, 0.25) is 0 Å². The average Bonchev–Trinajstić information content (AvgIpc) is 2.96. The third kappa shape index (κ3) is 3.77. The number of hydrogen-bond acceptors (Lipinski definition) is 4. The summed E-state index contributed by atoms with van der Waals surface area (Å²) in [4.78, 5) is 26.0. The summed E-state index contributed by atoms with van der Waals surface area (Å²) in [6, 6.07) is 7.16. The Labute approximate surface area is 128 Å². The second-order valence-electron chi connectivity index (χ2n) is 4.99. The molecule has 0 radical (unpaired) electrons. The van der Waals surface area contributed by atoms with Gasteiger partial charge in [-0.2, -0.15) is 0 Å². The number of carbonyl (C=O) groups is 2. The molecule has 114 valence electrons. The van der Waals surface area contributed by atoms with Crippen molar-refractivity contribution in [2.24, 2.45) is 0 Å². The summed E-state index contributed by atoms with van der Waals surface area (Å²) < 4.78 is 5.28. The summed E-state index contributed by atoms with van der Waals surface area (Å²) >= 11 is 1.19. The Morgan fingerprint density at radius 1 is 1.43 bits per heavy atom. The van der Waals surface area contributed by atoms with Crippen molar-refractivity contribution in [3.05, 3.63) is 29.8 Å². The molecule has 1 N–H and O–H groups in total. The van der Waals surface area contributed by atoms with E-state index in [1.54, 1.807) is 37.1 Å². The minimum absolute atomic E-state index is 0.0600. The Balaban J connectivity index is 2.16. The SMILES string of the molecule is CO[C@H]1CCN(C(=O)c2ccccc2SC(C)C(=O)O)C1. The van der Waals surface area contributed by atoms with Crippen LogP contribution in [0, 0.1) is 0 Å². The van der Waals surface area contributed by atoms with Crippen LogP contribution in [0.3, 0.4) is 0 Å². The van der Waals surface area contributed by atoms with Gasteiger partial charge in [0.05, 0.1) is 11.7 Å². The zero-order valence-electron chi connectivity index (χ0n) is 12.1. The van der Waals surface area contributed by atoms with E-state index in [0.29, 0.717) is 23.5 Å². The summed E-state index contributed by atoms with van der Waals surface area (Å²) in [6.07, 6.45) is 0.926. The molecule has 0 spiro atoms. The molecule has 2 atom stereocenters. The van der Waals surface area contributed by atoms with Gasteiger partial charge >= 0.3 is 5.97 Å². The van der Waals surface area contributed by atoms with Gasteiger partial charge in [-0.3, -0.25) is 9.59 Å². The first kappa shape index (κ1) is 15.9. The van der Waals surface area contributed by atoms with E-state index in [9.17, 15) is 9.59 Å². The van der Waals surface area contributed by atoms with E-state index in [2.05, 4.69) is 0 Å². The average molecular weight is 309 g/mol. The number of nitrogens with zero attached hydrogens (tertiary/aromatic N) is 1. The van der Waals surface area contributed by atoms with Crippen LogP contribution in [-0.2, 0) is 9.53 Å². The first-order valence-corrected chi connectivity index (χ1v) is 7.71. The van der Waals surface area contributed by atoms with Crippen LogP contribution in [0.15, 0.2) is 29.2 Å². The molecule has 6 heteroatoms. The number of likely N-dealkylation sites (tertiary alicyclic amines) is 1. The van der Waals surface area contributed by atoms with Crippen molar-refractivity contribution in [2.75, 3.05) is 20.2 Å². The number of carbonyl (C=O) groups excluding carboxylic acids is 1. The number of carboxylic acid groups (broad SMARTS) is 1. The largest absolute Gasteiger partial charge is 0.480 e. The molecule has 1 saturated heterocycles. The number of rotatable bonds is 5. The van der Waals surface area contributed by atoms with Crippen molar-refractivity contribution < 1.29 is 19.4 Å².